The Bertz CT molecular complexity index is 900. The zero-order valence-electron chi connectivity index (χ0n) is 15.6. The van der Waals surface area contributed by atoms with Crippen LogP contribution in [0.2, 0.25) is 5.02 Å². The molecule has 2 aromatic carbocycles. The third kappa shape index (κ3) is 4.89. The quantitative estimate of drug-likeness (QED) is 0.782. The molecule has 3 rings (SSSR count). The van der Waals surface area contributed by atoms with Crippen molar-refractivity contribution in [1.29, 1.82) is 0 Å². The lowest BCUT2D eigenvalue weighted by atomic mass is 10.1. The number of benzene rings is 2. The highest BCUT2D eigenvalue weighted by atomic mass is 35.5. The van der Waals surface area contributed by atoms with E-state index in [4.69, 9.17) is 11.6 Å². The molecule has 7 heteroatoms. The average Bonchev–Trinajstić information content (AvgIpc) is 3.07. The van der Waals surface area contributed by atoms with Crippen LogP contribution in [0.3, 0.4) is 0 Å². The van der Waals surface area contributed by atoms with Crippen molar-refractivity contribution >= 4 is 35.0 Å². The zero-order chi connectivity index (χ0) is 20.1. The van der Waals surface area contributed by atoms with Crippen LogP contribution in [0.5, 0.6) is 0 Å². The van der Waals surface area contributed by atoms with Crippen LogP contribution in [-0.4, -0.2) is 35.2 Å². The van der Waals surface area contributed by atoms with E-state index in [-0.39, 0.29) is 11.8 Å². The first-order valence-electron chi connectivity index (χ1n) is 9.17. The minimum absolute atomic E-state index is 0.158. The van der Waals surface area contributed by atoms with Crippen molar-refractivity contribution in [3.8, 4) is 0 Å². The number of carbonyl (C=O) groups is 3. The Morgan fingerprint density at radius 1 is 1.18 bits per heavy atom. The van der Waals surface area contributed by atoms with Gasteiger partial charge in [0.25, 0.3) is 5.91 Å². The Kier molecular flexibility index (Phi) is 6.31. The van der Waals surface area contributed by atoms with E-state index in [0.717, 1.165) is 18.5 Å². The molecular weight excluding hydrogens is 378 g/mol. The van der Waals surface area contributed by atoms with Gasteiger partial charge in [-0.1, -0.05) is 35.9 Å². The Labute approximate surface area is 168 Å². The highest BCUT2D eigenvalue weighted by Gasteiger charge is 2.21. The van der Waals surface area contributed by atoms with Gasteiger partial charge in [0.1, 0.15) is 6.04 Å². The highest BCUT2D eigenvalue weighted by molar-refractivity contribution is 6.33. The summed E-state index contributed by atoms with van der Waals surface area (Å²) in [6, 6.07) is 13.3. The van der Waals surface area contributed by atoms with E-state index in [1.165, 1.54) is 0 Å². The van der Waals surface area contributed by atoms with Crippen molar-refractivity contribution in [3.63, 3.8) is 0 Å². The number of nitrogens with zero attached hydrogens (tertiary/aromatic N) is 1. The fraction of sp³-hybridized carbons (Fsp3) is 0.286. The largest absolute Gasteiger partial charge is 0.340 e. The molecule has 1 aliphatic heterocycles. The molecule has 1 aliphatic rings. The topological polar surface area (TPSA) is 78.5 Å². The predicted octanol–water partition coefficient (Wildman–Crippen LogP) is 3.22. The molecule has 1 fully saturated rings. The van der Waals surface area contributed by atoms with Gasteiger partial charge in [-0.2, -0.15) is 0 Å². The molecule has 1 unspecified atom stereocenters. The van der Waals surface area contributed by atoms with E-state index in [1.54, 1.807) is 37.3 Å². The first-order valence-corrected chi connectivity index (χ1v) is 9.55. The van der Waals surface area contributed by atoms with Crippen molar-refractivity contribution < 1.29 is 14.4 Å². The van der Waals surface area contributed by atoms with Crippen LogP contribution in [0, 0.1) is 0 Å². The molecule has 2 N–H and O–H groups in total. The Morgan fingerprint density at radius 3 is 2.68 bits per heavy atom. The number of rotatable bonds is 6. The van der Waals surface area contributed by atoms with Gasteiger partial charge >= 0.3 is 0 Å². The van der Waals surface area contributed by atoms with Crippen LogP contribution in [0.1, 0.15) is 35.7 Å². The monoisotopic (exact) mass is 399 g/mol. The van der Waals surface area contributed by atoms with Crippen molar-refractivity contribution in [2.45, 2.75) is 32.4 Å². The summed E-state index contributed by atoms with van der Waals surface area (Å²) in [5.74, 6) is -0.588. The summed E-state index contributed by atoms with van der Waals surface area (Å²) in [6.45, 7) is 2.90. The normalized spacial score (nSPS) is 14.6. The van der Waals surface area contributed by atoms with Crippen LogP contribution in [0.4, 0.5) is 5.69 Å². The van der Waals surface area contributed by atoms with Gasteiger partial charge in [-0.15, -0.1) is 0 Å². The maximum Gasteiger partial charge on any atom is 0.253 e. The van der Waals surface area contributed by atoms with Crippen molar-refractivity contribution in [1.82, 2.24) is 10.2 Å². The average molecular weight is 400 g/mol. The number of anilines is 1. The van der Waals surface area contributed by atoms with Gasteiger partial charge in [-0.3, -0.25) is 14.4 Å². The van der Waals surface area contributed by atoms with Crippen molar-refractivity contribution in [2.24, 2.45) is 0 Å². The lowest BCUT2D eigenvalue weighted by Gasteiger charge is -2.17. The fourth-order valence-electron chi connectivity index (χ4n) is 3.07. The summed E-state index contributed by atoms with van der Waals surface area (Å²) < 4.78 is 0. The molecule has 0 radical (unpaired) electrons. The predicted molar refractivity (Wildman–Crippen MR) is 108 cm³/mol. The van der Waals surface area contributed by atoms with Gasteiger partial charge in [0.15, 0.2) is 0 Å². The van der Waals surface area contributed by atoms with Gasteiger partial charge in [0.05, 0.1) is 10.6 Å². The molecular formula is C21H22ClN3O3. The molecule has 0 bridgehead atoms. The van der Waals surface area contributed by atoms with Crippen molar-refractivity contribution in [3.05, 3.63) is 64.7 Å². The molecule has 1 atom stereocenters. The van der Waals surface area contributed by atoms with E-state index < -0.39 is 11.9 Å². The van der Waals surface area contributed by atoms with Crippen LogP contribution in [-0.2, 0) is 16.1 Å². The molecule has 28 heavy (non-hydrogen) atoms. The SMILES string of the molecule is CC(NC(=O)c1ccccc1Cl)C(=O)Nc1cccc(CN2CCCC2=O)c1. The summed E-state index contributed by atoms with van der Waals surface area (Å²) in [4.78, 5) is 38.3. The number of hydrogen-bond donors (Lipinski definition) is 2. The summed E-state index contributed by atoms with van der Waals surface area (Å²) in [6.07, 6.45) is 1.48. The molecule has 6 nitrogen and oxygen atoms in total. The summed E-state index contributed by atoms with van der Waals surface area (Å²) in [5.41, 5.74) is 1.88. The number of carbonyl (C=O) groups excluding carboxylic acids is 3. The van der Waals surface area contributed by atoms with Crippen LogP contribution < -0.4 is 10.6 Å². The maximum absolute atomic E-state index is 12.4. The van der Waals surface area contributed by atoms with Crippen LogP contribution in [0.25, 0.3) is 0 Å². The molecule has 3 amide bonds. The second-order valence-electron chi connectivity index (χ2n) is 6.78. The molecule has 146 valence electrons. The van der Waals surface area contributed by atoms with Crippen molar-refractivity contribution in [2.75, 3.05) is 11.9 Å². The molecule has 0 aliphatic carbocycles. The lowest BCUT2D eigenvalue weighted by Crippen LogP contribution is -2.41. The van der Waals surface area contributed by atoms with E-state index >= 15 is 0 Å². The lowest BCUT2D eigenvalue weighted by molar-refractivity contribution is -0.128. The Hall–Kier alpha value is -2.86. The third-order valence-electron chi connectivity index (χ3n) is 4.60. The summed E-state index contributed by atoms with van der Waals surface area (Å²) >= 11 is 6.02. The Balaban J connectivity index is 1.59. The van der Waals surface area contributed by atoms with Gasteiger partial charge in [0.2, 0.25) is 11.8 Å². The number of likely N-dealkylation sites (tertiary alicyclic amines) is 1. The second kappa shape index (κ2) is 8.89. The van der Waals surface area contributed by atoms with E-state index in [2.05, 4.69) is 10.6 Å². The first kappa shape index (κ1) is 19.9. The number of halogens is 1. The second-order valence-corrected chi connectivity index (χ2v) is 7.19. The molecule has 0 spiro atoms. The maximum atomic E-state index is 12.4. The van der Waals surface area contributed by atoms with Gasteiger partial charge in [-0.05, 0) is 43.2 Å². The fourth-order valence-corrected chi connectivity index (χ4v) is 3.30. The number of nitrogens with one attached hydrogen (secondary N) is 2. The Morgan fingerprint density at radius 2 is 1.96 bits per heavy atom. The third-order valence-corrected chi connectivity index (χ3v) is 4.93. The molecule has 1 saturated heterocycles. The molecule has 0 saturated carbocycles. The highest BCUT2D eigenvalue weighted by Crippen LogP contribution is 2.18. The summed E-state index contributed by atoms with van der Waals surface area (Å²) in [5, 5.41) is 5.78. The number of amides is 3. The van der Waals surface area contributed by atoms with Crippen LogP contribution in [0.15, 0.2) is 48.5 Å². The standard InChI is InChI=1S/C21H22ClN3O3/c1-14(23-21(28)17-8-2-3-9-18(17)22)20(27)24-16-7-4-6-15(12-16)13-25-11-5-10-19(25)26/h2-4,6-9,12,14H,5,10-11,13H2,1H3,(H,23,28)(H,24,27). The van der Waals surface area contributed by atoms with E-state index in [1.807, 2.05) is 23.1 Å². The smallest absolute Gasteiger partial charge is 0.253 e. The minimum atomic E-state index is -0.743. The van der Waals surface area contributed by atoms with E-state index in [0.29, 0.717) is 29.2 Å². The van der Waals surface area contributed by atoms with Gasteiger partial charge in [-0.25, -0.2) is 0 Å². The molecule has 0 aromatic heterocycles. The number of hydrogen-bond acceptors (Lipinski definition) is 3. The molecule has 1 heterocycles. The van der Waals surface area contributed by atoms with E-state index in [9.17, 15) is 14.4 Å². The zero-order valence-corrected chi connectivity index (χ0v) is 16.3. The molecule has 2 aromatic rings. The summed E-state index contributed by atoms with van der Waals surface area (Å²) in [7, 11) is 0. The van der Waals surface area contributed by atoms with Crippen LogP contribution >= 0.6 is 11.6 Å². The van der Waals surface area contributed by atoms with Gasteiger partial charge < -0.3 is 15.5 Å². The minimum Gasteiger partial charge on any atom is -0.340 e. The first-order chi connectivity index (χ1) is 13.4. The van der Waals surface area contributed by atoms with Gasteiger partial charge in [0, 0.05) is 25.2 Å².